The summed E-state index contributed by atoms with van der Waals surface area (Å²) in [5, 5.41) is 4.32. The summed E-state index contributed by atoms with van der Waals surface area (Å²) in [4.78, 5) is 11.8. The van der Waals surface area contributed by atoms with Gasteiger partial charge < -0.3 is 9.47 Å². The lowest BCUT2D eigenvalue weighted by molar-refractivity contribution is 0.0603. The molecule has 1 aliphatic rings. The van der Waals surface area contributed by atoms with E-state index in [1.807, 2.05) is 6.07 Å². The average Bonchev–Trinajstić information content (AvgIpc) is 3.28. The monoisotopic (exact) mass is 352 g/mol. The number of fused-ring (bicyclic) bond motifs is 1. The second kappa shape index (κ2) is 6.43. The van der Waals surface area contributed by atoms with E-state index in [-0.39, 0.29) is 5.75 Å². The van der Waals surface area contributed by atoms with Gasteiger partial charge in [0.05, 0.1) is 36.9 Å². The Morgan fingerprint density at radius 1 is 1.38 bits per heavy atom. The molecule has 0 radical (unpaired) electrons. The van der Waals surface area contributed by atoms with Gasteiger partial charge in [0, 0.05) is 12.2 Å². The molecule has 2 aromatic rings. The molecule has 1 aliphatic carbocycles. The fraction of sp³-hybridized carbons (Fsp3) is 0.500. The largest absolute Gasteiger partial charge is 0.492 e. The topological polar surface area (TPSA) is 87.0 Å². The number of carbonyl (C=O) groups is 1. The zero-order valence-electron chi connectivity index (χ0n) is 13.7. The molecule has 1 saturated carbocycles. The van der Waals surface area contributed by atoms with Crippen molar-refractivity contribution in [3.05, 3.63) is 29.6 Å². The molecule has 24 heavy (non-hydrogen) atoms. The minimum atomic E-state index is -2.99. The van der Waals surface area contributed by atoms with E-state index in [2.05, 4.69) is 5.10 Å². The van der Waals surface area contributed by atoms with Crippen molar-refractivity contribution in [1.82, 2.24) is 9.61 Å². The van der Waals surface area contributed by atoms with Crippen LogP contribution in [0.5, 0.6) is 5.75 Å². The van der Waals surface area contributed by atoms with Crippen LogP contribution in [0.1, 0.15) is 41.2 Å². The third kappa shape index (κ3) is 3.53. The molecule has 8 heteroatoms. The van der Waals surface area contributed by atoms with Crippen molar-refractivity contribution in [3.8, 4) is 5.75 Å². The van der Waals surface area contributed by atoms with E-state index in [0.717, 1.165) is 18.5 Å². The Balaban J connectivity index is 1.86. The highest BCUT2D eigenvalue weighted by atomic mass is 32.2. The molecular formula is C16H20N2O5S. The predicted molar refractivity (Wildman–Crippen MR) is 88.3 cm³/mol. The molecule has 0 atom stereocenters. The number of nitrogens with zero attached hydrogens (tertiary/aromatic N) is 2. The van der Waals surface area contributed by atoms with Gasteiger partial charge in [-0.1, -0.05) is 0 Å². The van der Waals surface area contributed by atoms with Crippen LogP contribution < -0.4 is 4.74 Å². The molecule has 3 rings (SSSR count). The lowest BCUT2D eigenvalue weighted by Gasteiger charge is -2.13. The van der Waals surface area contributed by atoms with E-state index >= 15 is 0 Å². The molecule has 7 nitrogen and oxygen atoms in total. The Morgan fingerprint density at radius 2 is 2.12 bits per heavy atom. The number of aromatic nitrogens is 2. The molecule has 0 spiro atoms. The van der Waals surface area contributed by atoms with Gasteiger partial charge in [0.25, 0.3) is 0 Å². The number of rotatable bonds is 7. The number of esters is 1. The van der Waals surface area contributed by atoms with Crippen molar-refractivity contribution in [1.29, 1.82) is 0 Å². The van der Waals surface area contributed by atoms with E-state index in [1.54, 1.807) is 10.6 Å². The number of methoxy groups -OCH3 is 1. The van der Waals surface area contributed by atoms with Crippen LogP contribution in [0.2, 0.25) is 0 Å². The minimum Gasteiger partial charge on any atom is -0.492 e. The first-order chi connectivity index (χ1) is 11.4. The fourth-order valence-electron chi connectivity index (χ4n) is 2.68. The Hall–Kier alpha value is -2.09. The summed E-state index contributed by atoms with van der Waals surface area (Å²) in [6.45, 7) is 0.323. The van der Waals surface area contributed by atoms with Gasteiger partial charge in [0.1, 0.15) is 21.2 Å². The highest BCUT2D eigenvalue weighted by Crippen LogP contribution is 2.44. The van der Waals surface area contributed by atoms with Crippen molar-refractivity contribution in [2.45, 2.75) is 25.2 Å². The second-order valence-corrected chi connectivity index (χ2v) is 8.30. The molecule has 2 heterocycles. The summed E-state index contributed by atoms with van der Waals surface area (Å²) in [6.07, 6.45) is 5.25. The van der Waals surface area contributed by atoms with Crippen LogP contribution in [0.3, 0.4) is 0 Å². The van der Waals surface area contributed by atoms with E-state index in [0.29, 0.717) is 35.8 Å². The lowest BCUT2D eigenvalue weighted by atomic mass is 10.2. The van der Waals surface area contributed by atoms with Crippen molar-refractivity contribution in [2.75, 3.05) is 25.7 Å². The zero-order valence-corrected chi connectivity index (χ0v) is 14.5. The van der Waals surface area contributed by atoms with E-state index in [9.17, 15) is 13.2 Å². The van der Waals surface area contributed by atoms with Gasteiger partial charge in [-0.25, -0.2) is 17.7 Å². The van der Waals surface area contributed by atoms with Gasteiger partial charge in [0.2, 0.25) is 0 Å². The summed E-state index contributed by atoms with van der Waals surface area (Å²) < 4.78 is 34.7. The quantitative estimate of drug-likeness (QED) is 0.558. The number of pyridine rings is 1. The Kier molecular flexibility index (Phi) is 4.49. The molecule has 0 saturated heterocycles. The number of hydrogen-bond donors (Lipinski definition) is 0. The molecular weight excluding hydrogens is 332 g/mol. The Morgan fingerprint density at radius 3 is 2.75 bits per heavy atom. The summed E-state index contributed by atoms with van der Waals surface area (Å²) in [7, 11) is -1.65. The van der Waals surface area contributed by atoms with Crippen LogP contribution in [-0.4, -0.2) is 49.7 Å². The highest BCUT2D eigenvalue weighted by Gasteiger charge is 2.31. The first-order valence-electron chi connectivity index (χ1n) is 7.80. The van der Waals surface area contributed by atoms with Gasteiger partial charge in [-0.2, -0.15) is 5.10 Å². The second-order valence-electron chi connectivity index (χ2n) is 6.04. The average molecular weight is 352 g/mol. The molecule has 2 aromatic heterocycles. The minimum absolute atomic E-state index is 0.0995. The molecule has 0 bridgehead atoms. The summed E-state index contributed by atoms with van der Waals surface area (Å²) in [6, 6.07) is 3.59. The van der Waals surface area contributed by atoms with Crippen molar-refractivity contribution < 1.29 is 22.7 Å². The third-order valence-corrected chi connectivity index (χ3v) is 5.00. The summed E-state index contributed by atoms with van der Waals surface area (Å²) >= 11 is 0. The molecule has 0 aromatic carbocycles. The van der Waals surface area contributed by atoms with Gasteiger partial charge >= 0.3 is 5.97 Å². The highest BCUT2D eigenvalue weighted by molar-refractivity contribution is 7.90. The smallest absolute Gasteiger partial charge is 0.341 e. The van der Waals surface area contributed by atoms with Crippen molar-refractivity contribution in [2.24, 2.45) is 0 Å². The molecule has 130 valence electrons. The van der Waals surface area contributed by atoms with E-state index in [4.69, 9.17) is 9.47 Å². The van der Waals surface area contributed by atoms with Crippen molar-refractivity contribution in [3.63, 3.8) is 0 Å². The molecule has 0 N–H and O–H groups in total. The number of ether oxygens (including phenoxy) is 2. The summed E-state index contributed by atoms with van der Waals surface area (Å²) in [5.41, 5.74) is 2.04. The SMILES string of the molecule is COC(=O)c1cnn2c(C3CC3)c(OCCCS(C)(=O)=O)ccc12. The van der Waals surface area contributed by atoms with E-state index < -0.39 is 15.8 Å². The zero-order chi connectivity index (χ0) is 17.3. The molecule has 0 unspecified atom stereocenters. The van der Waals surface area contributed by atoms with Gasteiger partial charge in [0.15, 0.2) is 0 Å². The maximum Gasteiger partial charge on any atom is 0.341 e. The van der Waals surface area contributed by atoms with Gasteiger partial charge in [-0.05, 0) is 31.4 Å². The molecule has 0 amide bonds. The van der Waals surface area contributed by atoms with Crippen LogP contribution >= 0.6 is 0 Å². The first kappa shape index (κ1) is 16.8. The first-order valence-corrected chi connectivity index (χ1v) is 9.86. The van der Waals surface area contributed by atoms with Crippen LogP contribution in [-0.2, 0) is 14.6 Å². The van der Waals surface area contributed by atoms with Crippen molar-refractivity contribution >= 4 is 21.3 Å². The standard InChI is InChI=1S/C16H20N2O5S/c1-22-16(19)12-10-17-18-13(12)6-7-14(15(18)11-4-5-11)23-8-3-9-24(2,20)21/h6-7,10-11H,3-5,8-9H2,1-2H3. The van der Waals surface area contributed by atoms with Crippen LogP contribution in [0.15, 0.2) is 18.3 Å². The maximum absolute atomic E-state index is 11.8. The third-order valence-electron chi connectivity index (χ3n) is 3.97. The van der Waals surface area contributed by atoms with Crippen LogP contribution in [0.4, 0.5) is 0 Å². The normalized spacial score (nSPS) is 14.8. The number of sulfone groups is 1. The Labute approximate surface area is 140 Å². The van der Waals surface area contributed by atoms with Crippen LogP contribution in [0, 0.1) is 0 Å². The number of carbonyl (C=O) groups excluding carboxylic acids is 1. The van der Waals surface area contributed by atoms with Gasteiger partial charge in [-0.15, -0.1) is 0 Å². The maximum atomic E-state index is 11.8. The van der Waals surface area contributed by atoms with E-state index in [1.165, 1.54) is 19.6 Å². The Bertz CT molecular complexity index is 868. The van der Waals surface area contributed by atoms with Crippen LogP contribution in [0.25, 0.3) is 5.52 Å². The lowest BCUT2D eigenvalue weighted by Crippen LogP contribution is -2.10. The summed E-state index contributed by atoms with van der Waals surface area (Å²) in [5.74, 6) is 0.720. The number of hydrogen-bond acceptors (Lipinski definition) is 6. The fourth-order valence-corrected chi connectivity index (χ4v) is 3.32. The molecule has 1 fully saturated rings. The molecule has 0 aliphatic heterocycles. The van der Waals surface area contributed by atoms with Gasteiger partial charge in [-0.3, -0.25) is 0 Å². The predicted octanol–water partition coefficient (Wildman–Crippen LogP) is 1.81.